The Balaban J connectivity index is 1.21. The summed E-state index contributed by atoms with van der Waals surface area (Å²) in [7, 11) is 0. The van der Waals surface area contributed by atoms with Gasteiger partial charge in [-0.05, 0) is 51.8 Å². The molecule has 5 heterocycles. The smallest absolute Gasteiger partial charge is 0.251 e. The SMILES string of the molecule is Cc1nc2ccc(-c3ccn4nc(NC5CCN(C6CC(F)(F)C6)CC5)nc(N)c34)nc2n1C(C)C. The molecule has 1 aliphatic heterocycles. The quantitative estimate of drug-likeness (QED) is 0.426. The van der Waals surface area contributed by atoms with Crippen molar-refractivity contribution in [2.24, 2.45) is 0 Å². The number of imidazole rings is 1. The zero-order chi connectivity index (χ0) is 25.2. The molecule has 0 unspecified atom stereocenters. The third-order valence-corrected chi connectivity index (χ3v) is 7.49. The first-order chi connectivity index (χ1) is 17.2. The van der Waals surface area contributed by atoms with Gasteiger partial charge in [-0.25, -0.2) is 23.3 Å². The molecule has 0 spiro atoms. The third kappa shape index (κ3) is 3.95. The van der Waals surface area contributed by atoms with Crippen molar-refractivity contribution in [1.29, 1.82) is 0 Å². The molecule has 0 amide bonds. The highest BCUT2D eigenvalue weighted by Gasteiger charge is 2.48. The van der Waals surface area contributed by atoms with E-state index >= 15 is 0 Å². The van der Waals surface area contributed by atoms with Crippen LogP contribution in [0.2, 0.25) is 0 Å². The molecule has 2 fully saturated rings. The summed E-state index contributed by atoms with van der Waals surface area (Å²) in [5, 5.41) is 8.04. The van der Waals surface area contributed by atoms with Crippen LogP contribution in [0.5, 0.6) is 0 Å². The average Bonchev–Trinajstić information content (AvgIpc) is 3.38. The normalized spacial score (nSPS) is 19.4. The van der Waals surface area contributed by atoms with Gasteiger partial charge in [0.25, 0.3) is 5.92 Å². The van der Waals surface area contributed by atoms with Gasteiger partial charge in [0.1, 0.15) is 16.9 Å². The van der Waals surface area contributed by atoms with Crippen molar-refractivity contribution >= 4 is 28.4 Å². The number of hydrogen-bond acceptors (Lipinski definition) is 7. The molecule has 1 aliphatic carbocycles. The fourth-order valence-corrected chi connectivity index (χ4v) is 5.65. The summed E-state index contributed by atoms with van der Waals surface area (Å²) in [4.78, 5) is 16.3. The van der Waals surface area contributed by atoms with E-state index in [2.05, 4.69) is 43.7 Å². The molecule has 0 bridgehead atoms. The number of piperidine rings is 1. The van der Waals surface area contributed by atoms with Crippen molar-refractivity contribution in [1.82, 2.24) is 34.0 Å². The second kappa shape index (κ2) is 8.36. The van der Waals surface area contributed by atoms with E-state index in [0.717, 1.165) is 54.2 Å². The molecule has 4 aromatic heterocycles. The summed E-state index contributed by atoms with van der Waals surface area (Å²) < 4.78 is 30.3. The van der Waals surface area contributed by atoms with Crippen LogP contribution >= 0.6 is 0 Å². The van der Waals surface area contributed by atoms with Gasteiger partial charge >= 0.3 is 0 Å². The summed E-state index contributed by atoms with van der Waals surface area (Å²) in [5.41, 5.74) is 10.5. The van der Waals surface area contributed by atoms with Crippen molar-refractivity contribution in [3.8, 4) is 11.3 Å². The summed E-state index contributed by atoms with van der Waals surface area (Å²) in [6.07, 6.45) is 3.54. The molecule has 4 aromatic rings. The summed E-state index contributed by atoms with van der Waals surface area (Å²) in [5.74, 6) is -0.711. The molecule has 36 heavy (non-hydrogen) atoms. The number of likely N-dealkylation sites (tertiary alicyclic amines) is 1. The molecule has 0 atom stereocenters. The number of aryl methyl sites for hydroxylation is 1. The number of aromatic nitrogens is 6. The Morgan fingerprint density at radius 2 is 1.83 bits per heavy atom. The van der Waals surface area contributed by atoms with E-state index in [1.165, 1.54) is 0 Å². The molecular formula is C25H31F2N9. The number of alkyl halides is 2. The number of rotatable bonds is 5. The van der Waals surface area contributed by atoms with Gasteiger partial charge in [0, 0.05) is 55.8 Å². The molecule has 0 radical (unpaired) electrons. The maximum absolute atomic E-state index is 13.2. The number of pyridine rings is 1. The predicted molar refractivity (Wildman–Crippen MR) is 135 cm³/mol. The minimum atomic E-state index is -2.48. The largest absolute Gasteiger partial charge is 0.382 e. The zero-order valence-electron chi connectivity index (χ0n) is 20.7. The highest BCUT2D eigenvalue weighted by atomic mass is 19.3. The first-order valence-corrected chi connectivity index (χ1v) is 12.6. The number of hydrogen-bond donors (Lipinski definition) is 2. The lowest BCUT2D eigenvalue weighted by atomic mass is 9.85. The number of nitrogen functional groups attached to an aromatic ring is 1. The van der Waals surface area contributed by atoms with Gasteiger partial charge in [-0.15, -0.1) is 5.10 Å². The van der Waals surface area contributed by atoms with Gasteiger partial charge in [0.05, 0.1) is 5.69 Å². The van der Waals surface area contributed by atoms with Crippen LogP contribution in [0.4, 0.5) is 20.5 Å². The Bertz CT molecular complexity index is 1420. The maximum atomic E-state index is 13.2. The van der Waals surface area contributed by atoms with Gasteiger partial charge in [-0.1, -0.05) is 0 Å². The molecule has 1 saturated heterocycles. The topological polar surface area (TPSA) is 102 Å². The van der Waals surface area contributed by atoms with E-state index in [1.807, 2.05) is 31.3 Å². The van der Waals surface area contributed by atoms with Crippen molar-refractivity contribution in [3.63, 3.8) is 0 Å². The molecule has 3 N–H and O–H groups in total. The second-order valence-corrected chi connectivity index (χ2v) is 10.4. The molecular weight excluding hydrogens is 464 g/mol. The van der Waals surface area contributed by atoms with Crippen LogP contribution in [0, 0.1) is 6.92 Å². The molecule has 190 valence electrons. The fraction of sp³-hybridized carbons (Fsp3) is 0.520. The van der Waals surface area contributed by atoms with Crippen molar-refractivity contribution in [2.45, 2.75) is 70.5 Å². The van der Waals surface area contributed by atoms with Crippen molar-refractivity contribution < 1.29 is 8.78 Å². The van der Waals surface area contributed by atoms with Crippen LogP contribution in [0.25, 0.3) is 27.9 Å². The van der Waals surface area contributed by atoms with Crippen LogP contribution in [-0.4, -0.2) is 65.1 Å². The molecule has 9 nitrogen and oxygen atoms in total. The molecule has 11 heteroatoms. The summed E-state index contributed by atoms with van der Waals surface area (Å²) >= 11 is 0. The Kier molecular flexibility index (Phi) is 5.36. The Labute approximate surface area is 207 Å². The van der Waals surface area contributed by atoms with Gasteiger partial charge in [0.15, 0.2) is 11.5 Å². The monoisotopic (exact) mass is 495 g/mol. The zero-order valence-corrected chi connectivity index (χ0v) is 20.7. The van der Waals surface area contributed by atoms with Gasteiger partial charge in [-0.3, -0.25) is 4.90 Å². The minimum absolute atomic E-state index is 0.0124. The van der Waals surface area contributed by atoms with Crippen molar-refractivity contribution in [3.05, 3.63) is 30.2 Å². The minimum Gasteiger partial charge on any atom is -0.382 e. The number of halogens is 2. The summed E-state index contributed by atoms with van der Waals surface area (Å²) in [6, 6.07) is 6.32. The van der Waals surface area contributed by atoms with Gasteiger partial charge < -0.3 is 15.6 Å². The highest BCUT2D eigenvalue weighted by Crippen LogP contribution is 2.41. The Morgan fingerprint density at radius 3 is 2.53 bits per heavy atom. The number of nitrogens with zero attached hydrogens (tertiary/aromatic N) is 7. The van der Waals surface area contributed by atoms with E-state index in [-0.39, 0.29) is 31.0 Å². The van der Waals surface area contributed by atoms with E-state index in [9.17, 15) is 8.78 Å². The van der Waals surface area contributed by atoms with E-state index in [0.29, 0.717) is 17.3 Å². The fourth-order valence-electron chi connectivity index (χ4n) is 5.65. The average molecular weight is 496 g/mol. The van der Waals surface area contributed by atoms with Crippen LogP contribution in [0.3, 0.4) is 0 Å². The highest BCUT2D eigenvalue weighted by molar-refractivity contribution is 5.88. The standard InChI is InChI=1S/C25H31F2N9/c1-14(2)36-15(3)29-20-5-4-19(31-23(20)36)18-8-11-35-21(18)22(28)32-24(33-35)30-16-6-9-34(10-7-16)17-12-25(26,27)13-17/h4-5,8,11,14,16-17H,6-7,9-10,12-13H2,1-3H3,(H3,28,30,32,33). The number of fused-ring (bicyclic) bond motifs is 2. The van der Waals surface area contributed by atoms with Crippen LogP contribution < -0.4 is 11.1 Å². The first kappa shape index (κ1) is 23.1. The maximum Gasteiger partial charge on any atom is 0.251 e. The molecule has 2 aliphatic rings. The Hall–Kier alpha value is -3.34. The number of anilines is 2. The lowest BCUT2D eigenvalue weighted by molar-refractivity contribution is -0.127. The van der Waals surface area contributed by atoms with E-state index < -0.39 is 5.92 Å². The second-order valence-electron chi connectivity index (χ2n) is 10.4. The summed E-state index contributed by atoms with van der Waals surface area (Å²) in [6.45, 7) is 7.82. The van der Waals surface area contributed by atoms with Crippen LogP contribution in [-0.2, 0) is 0 Å². The lowest BCUT2D eigenvalue weighted by Gasteiger charge is -2.45. The van der Waals surface area contributed by atoms with E-state index in [4.69, 9.17) is 10.7 Å². The number of nitrogens with one attached hydrogen (secondary N) is 1. The Morgan fingerprint density at radius 1 is 1.08 bits per heavy atom. The van der Waals surface area contributed by atoms with Crippen LogP contribution in [0.15, 0.2) is 24.4 Å². The molecule has 6 rings (SSSR count). The third-order valence-electron chi connectivity index (χ3n) is 7.49. The molecule has 0 aromatic carbocycles. The van der Waals surface area contributed by atoms with Crippen LogP contribution in [0.1, 0.15) is 51.4 Å². The lowest BCUT2D eigenvalue weighted by Crippen LogP contribution is -2.54. The number of nitrogens with two attached hydrogens (primary N) is 1. The van der Waals surface area contributed by atoms with Gasteiger partial charge in [-0.2, -0.15) is 4.98 Å². The van der Waals surface area contributed by atoms with E-state index in [1.54, 1.807) is 4.52 Å². The van der Waals surface area contributed by atoms with Crippen molar-refractivity contribution in [2.75, 3.05) is 24.1 Å². The predicted octanol–water partition coefficient (Wildman–Crippen LogP) is 4.29. The molecule has 1 saturated carbocycles. The first-order valence-electron chi connectivity index (χ1n) is 12.6. The van der Waals surface area contributed by atoms with Gasteiger partial charge in [0.2, 0.25) is 5.95 Å².